The fourth-order valence-corrected chi connectivity index (χ4v) is 1.57. The van der Waals surface area contributed by atoms with Gasteiger partial charge in [-0.1, -0.05) is 0 Å². The SMILES string of the molecule is CC(C)(C)S(=O)NC1=NCCC1. The van der Waals surface area contributed by atoms with Gasteiger partial charge in [0.25, 0.3) is 0 Å². The summed E-state index contributed by atoms with van der Waals surface area (Å²) >= 11 is 0. The van der Waals surface area contributed by atoms with E-state index in [-0.39, 0.29) is 4.75 Å². The standard InChI is InChI=1S/C8H16N2OS/c1-8(2,3)12(11)10-7-5-4-6-9-7/h4-6H2,1-3H3,(H,9,10). The number of aliphatic imine (C=N–C) groups is 1. The van der Waals surface area contributed by atoms with E-state index < -0.39 is 11.0 Å². The van der Waals surface area contributed by atoms with Crippen molar-refractivity contribution in [2.75, 3.05) is 6.54 Å². The minimum atomic E-state index is -1.01. The van der Waals surface area contributed by atoms with Gasteiger partial charge in [0.15, 0.2) is 0 Å². The molecular formula is C8H16N2OS. The summed E-state index contributed by atoms with van der Waals surface area (Å²) in [7, 11) is -1.01. The first kappa shape index (κ1) is 9.71. The average molecular weight is 188 g/mol. The molecule has 1 aliphatic heterocycles. The number of hydrogen-bond donors (Lipinski definition) is 1. The van der Waals surface area contributed by atoms with Crippen LogP contribution in [0, 0.1) is 0 Å². The van der Waals surface area contributed by atoms with Crippen LogP contribution in [0.25, 0.3) is 0 Å². The van der Waals surface area contributed by atoms with Crippen molar-refractivity contribution in [2.24, 2.45) is 4.99 Å². The van der Waals surface area contributed by atoms with E-state index in [2.05, 4.69) is 9.71 Å². The number of amidine groups is 1. The summed E-state index contributed by atoms with van der Waals surface area (Å²) in [6.07, 6.45) is 2.03. The summed E-state index contributed by atoms with van der Waals surface area (Å²) in [5.74, 6) is 0.906. The third-order valence-corrected chi connectivity index (χ3v) is 3.17. The van der Waals surface area contributed by atoms with Gasteiger partial charge in [0, 0.05) is 13.0 Å². The van der Waals surface area contributed by atoms with Gasteiger partial charge in [-0.25, -0.2) is 4.21 Å². The fourth-order valence-electron chi connectivity index (χ4n) is 0.883. The molecule has 1 rings (SSSR count). The van der Waals surface area contributed by atoms with Crippen molar-refractivity contribution in [1.29, 1.82) is 0 Å². The third-order valence-electron chi connectivity index (χ3n) is 1.64. The Kier molecular flexibility index (Phi) is 2.88. The first-order valence-corrected chi connectivity index (χ1v) is 5.37. The molecule has 0 saturated heterocycles. The minimum Gasteiger partial charge on any atom is -0.293 e. The Labute approximate surface area is 76.2 Å². The molecule has 12 heavy (non-hydrogen) atoms. The van der Waals surface area contributed by atoms with Crippen LogP contribution in [0.15, 0.2) is 4.99 Å². The van der Waals surface area contributed by atoms with Crippen molar-refractivity contribution in [1.82, 2.24) is 4.72 Å². The van der Waals surface area contributed by atoms with Gasteiger partial charge < -0.3 is 0 Å². The Morgan fingerprint density at radius 3 is 2.58 bits per heavy atom. The van der Waals surface area contributed by atoms with Gasteiger partial charge in [-0.2, -0.15) is 0 Å². The second-order valence-corrected chi connectivity index (χ2v) is 5.88. The number of nitrogens with zero attached hydrogens (tertiary/aromatic N) is 1. The molecule has 1 heterocycles. The van der Waals surface area contributed by atoms with Crippen molar-refractivity contribution in [3.63, 3.8) is 0 Å². The molecule has 0 aliphatic carbocycles. The quantitative estimate of drug-likeness (QED) is 0.660. The Bertz CT molecular complexity index is 218. The molecular weight excluding hydrogens is 172 g/mol. The molecule has 0 fully saturated rings. The summed E-state index contributed by atoms with van der Waals surface area (Å²) in [5.41, 5.74) is 0. The van der Waals surface area contributed by atoms with E-state index in [9.17, 15) is 4.21 Å². The summed E-state index contributed by atoms with van der Waals surface area (Å²) in [4.78, 5) is 4.20. The maximum Gasteiger partial charge on any atom is 0.123 e. The van der Waals surface area contributed by atoms with Crippen LogP contribution in [0.5, 0.6) is 0 Å². The van der Waals surface area contributed by atoms with E-state index in [1.165, 1.54) is 0 Å². The Morgan fingerprint density at radius 2 is 2.17 bits per heavy atom. The third kappa shape index (κ3) is 2.59. The van der Waals surface area contributed by atoms with Crippen molar-refractivity contribution in [2.45, 2.75) is 38.4 Å². The molecule has 4 heteroatoms. The lowest BCUT2D eigenvalue weighted by Crippen LogP contribution is -2.36. The zero-order chi connectivity index (χ0) is 9.19. The summed E-state index contributed by atoms with van der Waals surface area (Å²) in [6.45, 7) is 6.73. The summed E-state index contributed by atoms with van der Waals surface area (Å²) in [5, 5.41) is 0. The smallest absolute Gasteiger partial charge is 0.123 e. The Hall–Kier alpha value is -0.380. The van der Waals surface area contributed by atoms with E-state index in [1.807, 2.05) is 20.8 Å². The highest BCUT2D eigenvalue weighted by molar-refractivity contribution is 7.85. The zero-order valence-electron chi connectivity index (χ0n) is 7.89. The molecule has 0 spiro atoms. The van der Waals surface area contributed by atoms with Crippen LogP contribution in [0.3, 0.4) is 0 Å². The van der Waals surface area contributed by atoms with Crippen molar-refractivity contribution in [3.05, 3.63) is 0 Å². The zero-order valence-corrected chi connectivity index (χ0v) is 8.70. The molecule has 1 aliphatic rings. The normalized spacial score (nSPS) is 20.4. The maximum atomic E-state index is 11.5. The second kappa shape index (κ2) is 3.56. The average Bonchev–Trinajstić information content (AvgIpc) is 2.37. The van der Waals surface area contributed by atoms with E-state index in [4.69, 9.17) is 0 Å². The molecule has 1 atom stereocenters. The molecule has 0 aromatic carbocycles. The number of hydrogen-bond acceptors (Lipinski definition) is 2. The van der Waals surface area contributed by atoms with Gasteiger partial charge in [0.05, 0.1) is 4.75 Å². The van der Waals surface area contributed by atoms with E-state index in [0.29, 0.717) is 0 Å². The van der Waals surface area contributed by atoms with Gasteiger partial charge in [0.1, 0.15) is 16.8 Å². The number of rotatable bonds is 1. The van der Waals surface area contributed by atoms with Gasteiger partial charge in [-0.3, -0.25) is 9.71 Å². The Balaban J connectivity index is 2.46. The highest BCUT2D eigenvalue weighted by Crippen LogP contribution is 2.10. The molecule has 0 aromatic rings. The highest BCUT2D eigenvalue weighted by atomic mass is 32.2. The maximum absolute atomic E-state index is 11.5. The van der Waals surface area contributed by atoms with E-state index in [1.54, 1.807) is 0 Å². The largest absolute Gasteiger partial charge is 0.293 e. The lowest BCUT2D eigenvalue weighted by atomic mass is 10.3. The van der Waals surface area contributed by atoms with Crippen LogP contribution in [-0.4, -0.2) is 21.3 Å². The van der Waals surface area contributed by atoms with Gasteiger partial charge in [0.2, 0.25) is 0 Å². The molecule has 0 amide bonds. The fraction of sp³-hybridized carbons (Fsp3) is 0.875. The van der Waals surface area contributed by atoms with Crippen LogP contribution >= 0.6 is 0 Å². The van der Waals surface area contributed by atoms with Crippen LogP contribution in [0.1, 0.15) is 33.6 Å². The van der Waals surface area contributed by atoms with Crippen LogP contribution < -0.4 is 4.72 Å². The molecule has 1 N–H and O–H groups in total. The van der Waals surface area contributed by atoms with Crippen LogP contribution in [0.4, 0.5) is 0 Å². The second-order valence-electron chi connectivity index (χ2n) is 3.92. The molecule has 0 aromatic heterocycles. The summed E-state index contributed by atoms with van der Waals surface area (Å²) < 4.78 is 14.3. The molecule has 0 bridgehead atoms. The number of nitrogens with one attached hydrogen (secondary N) is 1. The topological polar surface area (TPSA) is 41.5 Å². The molecule has 1 unspecified atom stereocenters. The summed E-state index contributed by atoms with van der Waals surface area (Å²) in [6, 6.07) is 0. The van der Waals surface area contributed by atoms with Gasteiger partial charge in [-0.05, 0) is 27.2 Å². The predicted octanol–water partition coefficient (Wildman–Crippen LogP) is 1.23. The first-order chi connectivity index (χ1) is 5.50. The van der Waals surface area contributed by atoms with Gasteiger partial charge >= 0.3 is 0 Å². The Morgan fingerprint density at radius 1 is 1.50 bits per heavy atom. The van der Waals surface area contributed by atoms with E-state index >= 15 is 0 Å². The van der Waals surface area contributed by atoms with Crippen molar-refractivity contribution < 1.29 is 4.21 Å². The molecule has 3 nitrogen and oxygen atoms in total. The van der Waals surface area contributed by atoms with E-state index in [0.717, 1.165) is 25.2 Å². The van der Waals surface area contributed by atoms with Crippen LogP contribution in [0.2, 0.25) is 0 Å². The lowest BCUT2D eigenvalue weighted by molar-refractivity contribution is 0.645. The lowest BCUT2D eigenvalue weighted by Gasteiger charge is -2.18. The molecule has 0 saturated carbocycles. The predicted molar refractivity (Wildman–Crippen MR) is 52.6 cm³/mol. The minimum absolute atomic E-state index is 0.203. The first-order valence-electron chi connectivity index (χ1n) is 4.22. The highest BCUT2D eigenvalue weighted by Gasteiger charge is 2.21. The van der Waals surface area contributed by atoms with Crippen molar-refractivity contribution in [3.8, 4) is 0 Å². The molecule has 0 radical (unpaired) electrons. The van der Waals surface area contributed by atoms with Gasteiger partial charge in [-0.15, -0.1) is 0 Å². The monoisotopic (exact) mass is 188 g/mol. The van der Waals surface area contributed by atoms with Crippen LogP contribution in [-0.2, 0) is 11.0 Å². The molecule has 70 valence electrons. The van der Waals surface area contributed by atoms with Crippen molar-refractivity contribution >= 4 is 16.8 Å².